The van der Waals surface area contributed by atoms with Gasteiger partial charge < -0.3 is 20.5 Å². The van der Waals surface area contributed by atoms with Crippen LogP contribution in [-0.4, -0.2) is 35.4 Å². The van der Waals surface area contributed by atoms with Gasteiger partial charge in [-0.3, -0.25) is 9.48 Å². The topological polar surface area (TPSA) is 108 Å². The number of nitrogens with one attached hydrogen (secondary N) is 1. The number of carbonyl (C=O) groups is 2. The summed E-state index contributed by atoms with van der Waals surface area (Å²) in [6.07, 6.45) is 2.98. The second-order valence-corrected chi connectivity index (χ2v) is 6.39. The maximum absolute atomic E-state index is 12.5. The summed E-state index contributed by atoms with van der Waals surface area (Å²) in [6, 6.07) is 2.91. The Bertz CT molecular complexity index is 832. The summed E-state index contributed by atoms with van der Waals surface area (Å²) in [5.41, 5.74) is 5.65. The molecule has 0 saturated heterocycles. The van der Waals surface area contributed by atoms with E-state index in [2.05, 4.69) is 10.4 Å². The number of rotatable bonds is 6. The highest BCUT2D eigenvalue weighted by molar-refractivity contribution is 6.33. The summed E-state index contributed by atoms with van der Waals surface area (Å²) in [6.45, 7) is 5.34. The van der Waals surface area contributed by atoms with E-state index >= 15 is 0 Å². The van der Waals surface area contributed by atoms with Crippen molar-refractivity contribution in [3.8, 4) is 5.75 Å². The average molecular weight is 381 g/mol. The van der Waals surface area contributed by atoms with Crippen LogP contribution in [0.15, 0.2) is 24.5 Å². The first-order valence-electron chi connectivity index (χ1n) is 7.87. The van der Waals surface area contributed by atoms with E-state index in [4.69, 9.17) is 26.8 Å². The molecule has 2 aromatic rings. The number of nitrogen functional groups attached to an aromatic ring is 1. The molecule has 26 heavy (non-hydrogen) atoms. The van der Waals surface area contributed by atoms with Crippen LogP contribution in [-0.2, 0) is 15.1 Å². The number of hydrogen-bond donors (Lipinski definition) is 2. The fraction of sp³-hybridized carbons (Fsp3) is 0.353. The fourth-order valence-electron chi connectivity index (χ4n) is 2.21. The van der Waals surface area contributed by atoms with Gasteiger partial charge in [-0.05, 0) is 26.8 Å². The van der Waals surface area contributed by atoms with E-state index in [0.717, 1.165) is 0 Å². The first kappa shape index (κ1) is 19.6. The van der Waals surface area contributed by atoms with Crippen molar-refractivity contribution < 1.29 is 19.1 Å². The van der Waals surface area contributed by atoms with Crippen LogP contribution in [0.3, 0.4) is 0 Å². The third-order valence-electron chi connectivity index (χ3n) is 3.75. The lowest BCUT2D eigenvalue weighted by molar-refractivity contribution is -0.152. The van der Waals surface area contributed by atoms with Gasteiger partial charge in [-0.2, -0.15) is 5.10 Å². The Hall–Kier alpha value is -2.74. The van der Waals surface area contributed by atoms with E-state index in [0.29, 0.717) is 17.1 Å². The first-order chi connectivity index (χ1) is 12.2. The highest BCUT2D eigenvalue weighted by atomic mass is 35.5. The van der Waals surface area contributed by atoms with E-state index in [-0.39, 0.29) is 17.2 Å². The molecule has 0 aliphatic rings. The largest absolute Gasteiger partial charge is 0.496 e. The Morgan fingerprint density at radius 2 is 2.08 bits per heavy atom. The number of benzene rings is 1. The Labute approximate surface area is 156 Å². The number of carbonyl (C=O) groups excluding carboxylic acids is 2. The van der Waals surface area contributed by atoms with Crippen LogP contribution in [0.4, 0.5) is 11.4 Å². The van der Waals surface area contributed by atoms with Gasteiger partial charge in [0.2, 0.25) is 0 Å². The summed E-state index contributed by atoms with van der Waals surface area (Å²) < 4.78 is 11.6. The number of anilines is 2. The standard InChI is InChI=1S/C17H21ClN4O4/c1-5-26-16(24)17(2,3)22-9-10(8-20-22)21-15(23)11-6-12(18)13(19)7-14(11)25-4/h6-9H,5,19H2,1-4H3,(H,21,23). The SMILES string of the molecule is CCOC(=O)C(C)(C)n1cc(NC(=O)c2cc(Cl)c(N)cc2OC)cn1. The van der Waals surface area contributed by atoms with E-state index in [9.17, 15) is 9.59 Å². The zero-order chi connectivity index (χ0) is 19.5. The van der Waals surface area contributed by atoms with Crippen LogP contribution in [0.1, 0.15) is 31.1 Å². The number of nitrogens with zero attached hydrogens (tertiary/aromatic N) is 2. The Balaban J connectivity index is 2.23. The fourth-order valence-corrected chi connectivity index (χ4v) is 2.37. The van der Waals surface area contributed by atoms with Gasteiger partial charge in [0.25, 0.3) is 5.91 Å². The molecule has 0 spiro atoms. The van der Waals surface area contributed by atoms with Crippen molar-refractivity contribution in [3.05, 3.63) is 35.1 Å². The lowest BCUT2D eigenvalue weighted by Gasteiger charge is -2.22. The number of hydrogen-bond acceptors (Lipinski definition) is 6. The minimum absolute atomic E-state index is 0.226. The maximum Gasteiger partial charge on any atom is 0.333 e. The third-order valence-corrected chi connectivity index (χ3v) is 4.08. The zero-order valence-corrected chi connectivity index (χ0v) is 15.8. The normalized spacial score (nSPS) is 11.1. The number of amides is 1. The Morgan fingerprint density at radius 3 is 2.69 bits per heavy atom. The molecule has 8 nitrogen and oxygen atoms in total. The van der Waals surface area contributed by atoms with Crippen LogP contribution in [0.2, 0.25) is 5.02 Å². The van der Waals surface area contributed by atoms with Gasteiger partial charge >= 0.3 is 5.97 Å². The lowest BCUT2D eigenvalue weighted by atomic mass is 10.1. The summed E-state index contributed by atoms with van der Waals surface area (Å²) >= 11 is 5.99. The molecule has 2 rings (SSSR count). The Morgan fingerprint density at radius 1 is 1.38 bits per heavy atom. The monoisotopic (exact) mass is 380 g/mol. The molecule has 3 N–H and O–H groups in total. The van der Waals surface area contributed by atoms with Gasteiger partial charge in [-0.15, -0.1) is 0 Å². The number of ether oxygens (including phenoxy) is 2. The molecule has 1 aromatic carbocycles. The highest BCUT2D eigenvalue weighted by Gasteiger charge is 2.32. The third kappa shape index (κ3) is 3.91. The predicted molar refractivity (Wildman–Crippen MR) is 98.6 cm³/mol. The molecular formula is C17H21ClN4O4. The van der Waals surface area contributed by atoms with E-state index in [1.54, 1.807) is 27.0 Å². The molecule has 0 atom stereocenters. The number of nitrogens with two attached hydrogens (primary N) is 1. The van der Waals surface area contributed by atoms with Gasteiger partial charge in [0.05, 0.1) is 41.9 Å². The molecule has 140 valence electrons. The molecule has 0 aliphatic heterocycles. The van der Waals surface area contributed by atoms with Crippen molar-refractivity contribution >= 4 is 34.9 Å². The minimum atomic E-state index is -1.01. The number of aromatic nitrogens is 2. The van der Waals surface area contributed by atoms with Crippen LogP contribution >= 0.6 is 11.6 Å². The number of methoxy groups -OCH3 is 1. The van der Waals surface area contributed by atoms with Crippen molar-refractivity contribution in [1.29, 1.82) is 0 Å². The number of esters is 1. The molecule has 0 saturated carbocycles. The van der Waals surface area contributed by atoms with Crippen molar-refractivity contribution in [2.45, 2.75) is 26.3 Å². The summed E-state index contributed by atoms with van der Waals surface area (Å²) in [5.74, 6) is -0.575. The Kier molecular flexibility index (Phi) is 5.76. The summed E-state index contributed by atoms with van der Waals surface area (Å²) in [4.78, 5) is 24.6. The highest BCUT2D eigenvalue weighted by Crippen LogP contribution is 2.29. The molecule has 0 aliphatic carbocycles. The van der Waals surface area contributed by atoms with Crippen molar-refractivity contribution in [2.75, 3.05) is 24.8 Å². The van der Waals surface area contributed by atoms with Crippen molar-refractivity contribution in [2.24, 2.45) is 0 Å². The van der Waals surface area contributed by atoms with Crippen molar-refractivity contribution in [3.63, 3.8) is 0 Å². The maximum atomic E-state index is 12.5. The molecular weight excluding hydrogens is 360 g/mol. The van der Waals surface area contributed by atoms with Crippen LogP contribution in [0, 0.1) is 0 Å². The van der Waals surface area contributed by atoms with Gasteiger partial charge in [0.1, 0.15) is 5.75 Å². The smallest absolute Gasteiger partial charge is 0.333 e. The molecule has 0 radical (unpaired) electrons. The van der Waals surface area contributed by atoms with Crippen molar-refractivity contribution in [1.82, 2.24) is 9.78 Å². The molecule has 0 unspecified atom stereocenters. The summed E-state index contributed by atoms with van der Waals surface area (Å²) in [7, 11) is 1.43. The molecule has 0 bridgehead atoms. The molecule has 1 heterocycles. The molecule has 9 heteroatoms. The van der Waals surface area contributed by atoms with Gasteiger partial charge in [0.15, 0.2) is 5.54 Å². The van der Waals surface area contributed by atoms with E-state index < -0.39 is 17.4 Å². The van der Waals surface area contributed by atoms with Gasteiger partial charge in [-0.1, -0.05) is 11.6 Å². The van der Waals surface area contributed by atoms with Gasteiger partial charge in [-0.25, -0.2) is 4.79 Å². The quantitative estimate of drug-likeness (QED) is 0.589. The summed E-state index contributed by atoms with van der Waals surface area (Å²) in [5, 5.41) is 7.07. The molecule has 0 fully saturated rings. The molecule has 1 amide bonds. The van der Waals surface area contributed by atoms with E-state index in [1.807, 2.05) is 0 Å². The second kappa shape index (κ2) is 7.65. The predicted octanol–water partition coefficient (Wildman–Crippen LogP) is 2.68. The van der Waals surface area contributed by atoms with Crippen LogP contribution < -0.4 is 15.8 Å². The first-order valence-corrected chi connectivity index (χ1v) is 8.25. The molecule has 1 aromatic heterocycles. The second-order valence-electron chi connectivity index (χ2n) is 5.98. The van der Waals surface area contributed by atoms with Crippen LogP contribution in [0.5, 0.6) is 5.75 Å². The van der Waals surface area contributed by atoms with Gasteiger partial charge in [0, 0.05) is 12.3 Å². The lowest BCUT2D eigenvalue weighted by Crippen LogP contribution is -2.37. The average Bonchev–Trinajstić information content (AvgIpc) is 3.06. The van der Waals surface area contributed by atoms with Crippen LogP contribution in [0.25, 0.3) is 0 Å². The van der Waals surface area contributed by atoms with E-state index in [1.165, 1.54) is 30.1 Å². The number of halogens is 1. The zero-order valence-electron chi connectivity index (χ0n) is 15.0. The minimum Gasteiger partial charge on any atom is -0.496 e.